The molecule has 0 fully saturated rings. The average molecular weight is 336 g/mol. The molecule has 5 heteroatoms. The van der Waals surface area contributed by atoms with Crippen molar-refractivity contribution in [3.63, 3.8) is 0 Å². The van der Waals surface area contributed by atoms with Crippen LogP contribution in [-0.2, 0) is 11.3 Å². The van der Waals surface area contributed by atoms with Crippen molar-refractivity contribution >= 4 is 28.8 Å². The number of benzene rings is 2. The summed E-state index contributed by atoms with van der Waals surface area (Å²) in [5, 5.41) is 3.85. The highest BCUT2D eigenvalue weighted by molar-refractivity contribution is 7.80. The standard InChI is InChI=1S/C17H18ClNO2S/c1-20-11-10-19-17(22)14-7-3-5-9-16(14)21-12-13-6-2-4-8-15(13)18/h2-9H,10-12H2,1H3,(H,19,22). The van der Waals surface area contributed by atoms with Crippen molar-refractivity contribution in [3.8, 4) is 5.75 Å². The molecule has 116 valence electrons. The third-order valence-corrected chi connectivity index (χ3v) is 3.80. The molecule has 0 radical (unpaired) electrons. The lowest BCUT2D eigenvalue weighted by Gasteiger charge is -2.14. The lowest BCUT2D eigenvalue weighted by Crippen LogP contribution is -2.26. The van der Waals surface area contributed by atoms with E-state index in [1.54, 1.807) is 7.11 Å². The largest absolute Gasteiger partial charge is 0.488 e. The first kappa shape index (κ1) is 16.7. The SMILES string of the molecule is COCCNC(=S)c1ccccc1OCc1ccccc1Cl. The minimum absolute atomic E-state index is 0.400. The minimum Gasteiger partial charge on any atom is -0.488 e. The Morgan fingerprint density at radius 1 is 1.14 bits per heavy atom. The second-order valence-corrected chi connectivity index (χ2v) is 5.44. The maximum atomic E-state index is 6.15. The summed E-state index contributed by atoms with van der Waals surface area (Å²) in [5.41, 5.74) is 1.80. The maximum absolute atomic E-state index is 6.15. The van der Waals surface area contributed by atoms with Crippen molar-refractivity contribution in [2.45, 2.75) is 6.61 Å². The molecule has 0 amide bonds. The summed E-state index contributed by atoms with van der Waals surface area (Å²) < 4.78 is 10.9. The van der Waals surface area contributed by atoms with Gasteiger partial charge in [0.1, 0.15) is 17.3 Å². The van der Waals surface area contributed by atoms with Crippen molar-refractivity contribution in [1.29, 1.82) is 0 Å². The zero-order chi connectivity index (χ0) is 15.8. The Bertz CT molecular complexity index is 634. The summed E-state index contributed by atoms with van der Waals surface area (Å²) in [6, 6.07) is 15.3. The summed E-state index contributed by atoms with van der Waals surface area (Å²) in [6.45, 7) is 1.66. The van der Waals surface area contributed by atoms with Gasteiger partial charge in [0, 0.05) is 24.2 Å². The van der Waals surface area contributed by atoms with Crippen molar-refractivity contribution in [1.82, 2.24) is 5.32 Å². The Morgan fingerprint density at radius 2 is 1.86 bits per heavy atom. The zero-order valence-electron chi connectivity index (χ0n) is 12.3. The summed E-state index contributed by atoms with van der Waals surface area (Å²) in [4.78, 5) is 0.645. The molecule has 0 saturated carbocycles. The fourth-order valence-electron chi connectivity index (χ4n) is 1.91. The Morgan fingerprint density at radius 3 is 2.64 bits per heavy atom. The van der Waals surface area contributed by atoms with Crippen LogP contribution in [0.5, 0.6) is 5.75 Å². The third-order valence-electron chi connectivity index (χ3n) is 3.06. The average Bonchev–Trinajstić information content (AvgIpc) is 2.54. The summed E-state index contributed by atoms with van der Waals surface area (Å²) in [5.74, 6) is 0.734. The number of nitrogens with one attached hydrogen (secondary N) is 1. The number of hydrogen-bond donors (Lipinski definition) is 1. The molecular weight excluding hydrogens is 318 g/mol. The molecule has 2 aromatic carbocycles. The Balaban J connectivity index is 2.05. The monoisotopic (exact) mass is 335 g/mol. The van der Waals surface area contributed by atoms with Gasteiger partial charge in [-0.1, -0.05) is 54.2 Å². The maximum Gasteiger partial charge on any atom is 0.129 e. The van der Waals surface area contributed by atoms with Crippen LogP contribution in [0.2, 0.25) is 5.02 Å². The van der Waals surface area contributed by atoms with Crippen LogP contribution in [0.15, 0.2) is 48.5 Å². The number of thiocarbonyl (C=S) groups is 1. The van der Waals surface area contributed by atoms with E-state index in [0.29, 0.717) is 29.8 Å². The van der Waals surface area contributed by atoms with Crippen LogP contribution < -0.4 is 10.1 Å². The number of methoxy groups -OCH3 is 1. The van der Waals surface area contributed by atoms with Crippen molar-refractivity contribution < 1.29 is 9.47 Å². The molecule has 0 unspecified atom stereocenters. The molecule has 0 aliphatic rings. The van der Waals surface area contributed by atoms with E-state index in [1.165, 1.54) is 0 Å². The van der Waals surface area contributed by atoms with Crippen LogP contribution in [0.3, 0.4) is 0 Å². The Kier molecular flexibility index (Phi) is 6.65. The highest BCUT2D eigenvalue weighted by Crippen LogP contribution is 2.22. The molecule has 0 bridgehead atoms. The molecule has 0 atom stereocenters. The first-order valence-corrected chi connectivity index (χ1v) is 7.73. The predicted molar refractivity (Wildman–Crippen MR) is 93.8 cm³/mol. The van der Waals surface area contributed by atoms with Gasteiger partial charge in [-0.3, -0.25) is 0 Å². The molecule has 0 aromatic heterocycles. The molecular formula is C17H18ClNO2S. The van der Waals surface area contributed by atoms with E-state index in [0.717, 1.165) is 16.9 Å². The van der Waals surface area contributed by atoms with E-state index in [-0.39, 0.29) is 0 Å². The summed E-state index contributed by atoms with van der Waals surface area (Å²) in [6.07, 6.45) is 0. The van der Waals surface area contributed by atoms with Crippen molar-refractivity contribution in [2.75, 3.05) is 20.3 Å². The lowest BCUT2D eigenvalue weighted by atomic mass is 10.2. The number of rotatable bonds is 7. The number of para-hydroxylation sites is 1. The van der Waals surface area contributed by atoms with Gasteiger partial charge in [-0.2, -0.15) is 0 Å². The fourth-order valence-corrected chi connectivity index (χ4v) is 2.37. The number of ether oxygens (including phenoxy) is 2. The van der Waals surface area contributed by atoms with Crippen LogP contribution in [0.25, 0.3) is 0 Å². The normalized spacial score (nSPS) is 10.3. The molecule has 0 saturated heterocycles. The van der Waals surface area contributed by atoms with E-state index in [2.05, 4.69) is 5.32 Å². The van der Waals surface area contributed by atoms with E-state index < -0.39 is 0 Å². The second kappa shape index (κ2) is 8.73. The van der Waals surface area contributed by atoms with E-state index in [1.807, 2.05) is 48.5 Å². The minimum atomic E-state index is 0.400. The first-order valence-electron chi connectivity index (χ1n) is 6.94. The molecule has 22 heavy (non-hydrogen) atoms. The number of hydrogen-bond acceptors (Lipinski definition) is 3. The van der Waals surface area contributed by atoms with Gasteiger partial charge < -0.3 is 14.8 Å². The van der Waals surface area contributed by atoms with Gasteiger partial charge in [-0.25, -0.2) is 0 Å². The molecule has 0 spiro atoms. The smallest absolute Gasteiger partial charge is 0.129 e. The van der Waals surface area contributed by atoms with Crippen LogP contribution in [0, 0.1) is 0 Å². The molecule has 0 heterocycles. The van der Waals surface area contributed by atoms with Gasteiger partial charge in [0.25, 0.3) is 0 Å². The quantitative estimate of drug-likeness (QED) is 0.615. The van der Waals surface area contributed by atoms with Crippen molar-refractivity contribution in [3.05, 3.63) is 64.7 Å². The molecule has 0 aliphatic carbocycles. The number of halogens is 1. The van der Waals surface area contributed by atoms with Crippen LogP contribution in [0.1, 0.15) is 11.1 Å². The topological polar surface area (TPSA) is 30.5 Å². The highest BCUT2D eigenvalue weighted by atomic mass is 35.5. The van der Waals surface area contributed by atoms with Gasteiger partial charge in [0.05, 0.1) is 12.2 Å². The van der Waals surface area contributed by atoms with Gasteiger partial charge in [0.15, 0.2) is 0 Å². The van der Waals surface area contributed by atoms with E-state index >= 15 is 0 Å². The van der Waals surface area contributed by atoms with E-state index in [9.17, 15) is 0 Å². The second-order valence-electron chi connectivity index (χ2n) is 4.62. The first-order chi connectivity index (χ1) is 10.7. The van der Waals surface area contributed by atoms with E-state index in [4.69, 9.17) is 33.3 Å². The Hall–Kier alpha value is -1.62. The van der Waals surface area contributed by atoms with Gasteiger partial charge >= 0.3 is 0 Å². The predicted octanol–water partition coefficient (Wildman–Crippen LogP) is 3.83. The van der Waals surface area contributed by atoms with Gasteiger partial charge in [0.2, 0.25) is 0 Å². The molecule has 3 nitrogen and oxygen atoms in total. The van der Waals surface area contributed by atoms with Gasteiger partial charge in [-0.05, 0) is 18.2 Å². The van der Waals surface area contributed by atoms with Crippen molar-refractivity contribution in [2.24, 2.45) is 0 Å². The van der Waals surface area contributed by atoms with Crippen LogP contribution in [-0.4, -0.2) is 25.2 Å². The molecule has 1 N–H and O–H groups in total. The summed E-state index contributed by atoms with van der Waals surface area (Å²) in [7, 11) is 1.66. The fraction of sp³-hybridized carbons (Fsp3) is 0.235. The molecule has 2 rings (SSSR count). The zero-order valence-corrected chi connectivity index (χ0v) is 13.9. The molecule has 2 aromatic rings. The van der Waals surface area contributed by atoms with Crippen LogP contribution in [0.4, 0.5) is 0 Å². The van der Waals surface area contributed by atoms with Crippen LogP contribution >= 0.6 is 23.8 Å². The lowest BCUT2D eigenvalue weighted by molar-refractivity contribution is 0.204. The highest BCUT2D eigenvalue weighted by Gasteiger charge is 2.09. The Labute approximate surface area is 141 Å². The van der Waals surface area contributed by atoms with Gasteiger partial charge in [-0.15, -0.1) is 0 Å². The summed E-state index contributed by atoms with van der Waals surface area (Å²) >= 11 is 11.6. The molecule has 0 aliphatic heterocycles. The third kappa shape index (κ3) is 4.70.